The van der Waals surface area contributed by atoms with Crippen LogP contribution in [-0.4, -0.2) is 18.5 Å². The highest BCUT2D eigenvalue weighted by Gasteiger charge is 2.07. The third-order valence-electron chi connectivity index (χ3n) is 2.92. The first kappa shape index (κ1) is 17.3. The number of hydrogen-bond donors (Lipinski definition) is 3. The fraction of sp³-hybridized carbons (Fsp3) is 0.125. The maximum absolute atomic E-state index is 13.0. The second kappa shape index (κ2) is 8.00. The second-order valence-corrected chi connectivity index (χ2v) is 4.87. The van der Waals surface area contributed by atoms with E-state index in [4.69, 9.17) is 0 Å². The van der Waals surface area contributed by atoms with Crippen LogP contribution in [0.4, 0.5) is 23.7 Å². The lowest BCUT2D eigenvalue weighted by molar-refractivity contribution is -0.115. The number of anilines is 1. The van der Waals surface area contributed by atoms with Crippen LogP contribution in [0.2, 0.25) is 0 Å². The topological polar surface area (TPSA) is 70.2 Å². The average molecular weight is 337 g/mol. The summed E-state index contributed by atoms with van der Waals surface area (Å²) in [5.41, 5.74) is 0.636. The lowest BCUT2D eigenvalue weighted by Gasteiger charge is -2.09. The summed E-state index contributed by atoms with van der Waals surface area (Å²) in [5.74, 6) is -2.67. The van der Waals surface area contributed by atoms with Crippen LogP contribution in [0.15, 0.2) is 42.5 Å². The minimum Gasteiger partial charge on any atom is -0.334 e. The van der Waals surface area contributed by atoms with Crippen molar-refractivity contribution in [1.29, 1.82) is 0 Å². The first-order valence-corrected chi connectivity index (χ1v) is 6.94. The number of urea groups is 1. The molecule has 24 heavy (non-hydrogen) atoms. The molecule has 0 aromatic heterocycles. The van der Waals surface area contributed by atoms with Gasteiger partial charge in [-0.05, 0) is 29.8 Å². The van der Waals surface area contributed by atoms with E-state index in [9.17, 15) is 22.8 Å². The molecule has 0 fully saturated rings. The summed E-state index contributed by atoms with van der Waals surface area (Å²) >= 11 is 0. The van der Waals surface area contributed by atoms with Gasteiger partial charge in [-0.15, -0.1) is 0 Å². The van der Waals surface area contributed by atoms with E-state index < -0.39 is 23.6 Å². The standard InChI is InChI=1S/C16H14F3N3O2/c17-11-3-1-10(2-4-11)8-20-16(24)21-9-15(23)22-14-6-12(18)5-13(19)7-14/h1-7H,8-9H2,(H,22,23)(H2,20,21,24). The van der Waals surface area contributed by atoms with E-state index in [-0.39, 0.29) is 24.6 Å². The van der Waals surface area contributed by atoms with Crippen LogP contribution >= 0.6 is 0 Å². The molecular formula is C16H14F3N3O2. The summed E-state index contributed by atoms with van der Waals surface area (Å²) in [6.45, 7) is -0.226. The van der Waals surface area contributed by atoms with Crippen molar-refractivity contribution in [3.8, 4) is 0 Å². The fourth-order valence-corrected chi connectivity index (χ4v) is 1.84. The molecule has 0 unspecified atom stereocenters. The van der Waals surface area contributed by atoms with Crippen molar-refractivity contribution in [2.45, 2.75) is 6.54 Å². The van der Waals surface area contributed by atoms with Crippen molar-refractivity contribution >= 4 is 17.6 Å². The Morgan fingerprint density at radius 2 is 1.46 bits per heavy atom. The smallest absolute Gasteiger partial charge is 0.315 e. The maximum atomic E-state index is 13.0. The van der Waals surface area contributed by atoms with Gasteiger partial charge in [-0.25, -0.2) is 18.0 Å². The van der Waals surface area contributed by atoms with Gasteiger partial charge < -0.3 is 16.0 Å². The van der Waals surface area contributed by atoms with E-state index in [1.165, 1.54) is 24.3 Å². The molecule has 0 aliphatic carbocycles. The minimum absolute atomic E-state index is 0.0500. The second-order valence-electron chi connectivity index (χ2n) is 4.87. The zero-order valence-corrected chi connectivity index (χ0v) is 12.4. The molecule has 0 aliphatic heterocycles. The lowest BCUT2D eigenvalue weighted by atomic mass is 10.2. The summed E-state index contributed by atoms with van der Waals surface area (Å²) in [6.07, 6.45) is 0. The molecule has 0 saturated carbocycles. The molecule has 2 aromatic carbocycles. The van der Waals surface area contributed by atoms with Gasteiger partial charge in [0.15, 0.2) is 0 Å². The van der Waals surface area contributed by atoms with Gasteiger partial charge in [-0.2, -0.15) is 0 Å². The largest absolute Gasteiger partial charge is 0.334 e. The molecule has 0 heterocycles. The Morgan fingerprint density at radius 1 is 0.833 bits per heavy atom. The first-order chi connectivity index (χ1) is 11.4. The van der Waals surface area contributed by atoms with E-state index in [0.29, 0.717) is 11.6 Å². The molecule has 5 nitrogen and oxygen atoms in total. The molecule has 3 amide bonds. The van der Waals surface area contributed by atoms with E-state index >= 15 is 0 Å². The van der Waals surface area contributed by atoms with E-state index in [2.05, 4.69) is 16.0 Å². The van der Waals surface area contributed by atoms with Crippen molar-refractivity contribution in [1.82, 2.24) is 10.6 Å². The molecule has 2 aromatic rings. The van der Waals surface area contributed by atoms with E-state index in [1.807, 2.05) is 0 Å². The van der Waals surface area contributed by atoms with Gasteiger partial charge in [0.05, 0.1) is 6.54 Å². The highest BCUT2D eigenvalue weighted by atomic mass is 19.1. The molecule has 0 radical (unpaired) electrons. The van der Waals surface area contributed by atoms with Crippen LogP contribution in [0.5, 0.6) is 0 Å². The normalized spacial score (nSPS) is 10.1. The molecule has 0 atom stereocenters. The lowest BCUT2D eigenvalue weighted by Crippen LogP contribution is -2.39. The number of carbonyl (C=O) groups excluding carboxylic acids is 2. The SMILES string of the molecule is O=C(CNC(=O)NCc1ccc(F)cc1)Nc1cc(F)cc(F)c1. The van der Waals surface area contributed by atoms with Gasteiger partial charge in [0, 0.05) is 18.3 Å². The molecule has 0 bridgehead atoms. The molecule has 0 aliphatic rings. The first-order valence-electron chi connectivity index (χ1n) is 6.94. The summed E-state index contributed by atoms with van der Waals surface area (Å²) in [4.78, 5) is 23.2. The molecule has 0 saturated heterocycles. The van der Waals surface area contributed by atoms with Crippen molar-refractivity contribution in [3.05, 3.63) is 65.5 Å². The summed E-state index contributed by atoms with van der Waals surface area (Å²) in [5, 5.41) is 7.03. The van der Waals surface area contributed by atoms with Crippen molar-refractivity contribution in [2.75, 3.05) is 11.9 Å². The van der Waals surface area contributed by atoms with Crippen LogP contribution < -0.4 is 16.0 Å². The third-order valence-corrected chi connectivity index (χ3v) is 2.92. The summed E-state index contributed by atoms with van der Waals surface area (Å²) < 4.78 is 38.7. The summed E-state index contributed by atoms with van der Waals surface area (Å²) in [7, 11) is 0. The monoisotopic (exact) mass is 337 g/mol. The Morgan fingerprint density at radius 3 is 2.08 bits per heavy atom. The third kappa shape index (κ3) is 5.64. The number of halogens is 3. The van der Waals surface area contributed by atoms with Crippen LogP contribution in [0.25, 0.3) is 0 Å². The highest BCUT2D eigenvalue weighted by Crippen LogP contribution is 2.12. The number of carbonyl (C=O) groups is 2. The molecule has 8 heteroatoms. The minimum atomic E-state index is -0.824. The molecule has 0 spiro atoms. The van der Waals surface area contributed by atoms with Crippen LogP contribution in [0.1, 0.15) is 5.56 Å². The Bertz CT molecular complexity index is 716. The van der Waals surface area contributed by atoms with Crippen molar-refractivity contribution in [2.24, 2.45) is 0 Å². The predicted octanol–water partition coefficient (Wildman–Crippen LogP) is 2.54. The van der Waals surface area contributed by atoms with Gasteiger partial charge in [0.2, 0.25) is 5.91 Å². The molecule has 126 valence electrons. The Hall–Kier alpha value is -3.03. The maximum Gasteiger partial charge on any atom is 0.315 e. The van der Waals surface area contributed by atoms with Crippen LogP contribution in [-0.2, 0) is 11.3 Å². The zero-order valence-electron chi connectivity index (χ0n) is 12.4. The van der Waals surface area contributed by atoms with Gasteiger partial charge >= 0.3 is 6.03 Å². The number of hydrogen-bond acceptors (Lipinski definition) is 2. The number of benzene rings is 2. The van der Waals surface area contributed by atoms with Crippen molar-refractivity contribution < 1.29 is 22.8 Å². The van der Waals surface area contributed by atoms with E-state index in [0.717, 1.165) is 12.1 Å². The Labute approximate surface area is 135 Å². The molecule has 3 N–H and O–H groups in total. The van der Waals surface area contributed by atoms with Crippen LogP contribution in [0.3, 0.4) is 0 Å². The van der Waals surface area contributed by atoms with Crippen molar-refractivity contribution in [3.63, 3.8) is 0 Å². The summed E-state index contributed by atoms with van der Waals surface area (Å²) in [6, 6.07) is 7.53. The van der Waals surface area contributed by atoms with Gasteiger partial charge in [-0.3, -0.25) is 4.79 Å². The van der Waals surface area contributed by atoms with Crippen LogP contribution in [0, 0.1) is 17.5 Å². The zero-order chi connectivity index (χ0) is 17.5. The molecule has 2 rings (SSSR count). The predicted molar refractivity (Wildman–Crippen MR) is 81.6 cm³/mol. The van der Waals surface area contributed by atoms with Gasteiger partial charge in [0.1, 0.15) is 17.5 Å². The number of nitrogens with one attached hydrogen (secondary N) is 3. The molecular weight excluding hydrogens is 323 g/mol. The number of rotatable bonds is 5. The number of amides is 3. The highest BCUT2D eigenvalue weighted by molar-refractivity contribution is 5.94. The van der Waals surface area contributed by atoms with Gasteiger partial charge in [-0.1, -0.05) is 12.1 Å². The van der Waals surface area contributed by atoms with Gasteiger partial charge in [0.25, 0.3) is 0 Å². The quantitative estimate of drug-likeness (QED) is 0.785. The average Bonchev–Trinajstić information content (AvgIpc) is 2.51. The Balaban J connectivity index is 1.74. The Kier molecular flexibility index (Phi) is 5.78. The van der Waals surface area contributed by atoms with E-state index in [1.54, 1.807) is 0 Å². The fourth-order valence-electron chi connectivity index (χ4n) is 1.84.